The Labute approximate surface area is 136 Å². The molecule has 1 aliphatic rings. The second-order valence-corrected chi connectivity index (χ2v) is 5.75. The first-order valence-electron chi connectivity index (χ1n) is 5.23. The third-order valence-electron chi connectivity index (χ3n) is 2.19. The fraction of sp³-hybridized carbons (Fsp3) is 0.800. The summed E-state index contributed by atoms with van der Waals surface area (Å²) in [4.78, 5) is 15.3. The van der Waals surface area contributed by atoms with Crippen LogP contribution in [-0.4, -0.2) is 52.0 Å². The van der Waals surface area contributed by atoms with Crippen LogP contribution in [0.2, 0.25) is 0 Å². The molecule has 0 aromatic heterocycles. The van der Waals surface area contributed by atoms with Crippen LogP contribution < -0.4 is 29.6 Å². The molecule has 4 nitrogen and oxygen atoms in total. The van der Waals surface area contributed by atoms with Gasteiger partial charge in [0.1, 0.15) is 5.60 Å². The van der Waals surface area contributed by atoms with Gasteiger partial charge < -0.3 is 39.4 Å². The van der Waals surface area contributed by atoms with E-state index in [2.05, 4.69) is 0 Å². The summed E-state index contributed by atoms with van der Waals surface area (Å²) in [5, 5.41) is 0. The Morgan fingerprint density at radius 2 is 1.59 bits per heavy atom. The molecule has 1 amide bonds. The van der Waals surface area contributed by atoms with Gasteiger partial charge >= 0.3 is 35.7 Å². The summed E-state index contributed by atoms with van der Waals surface area (Å²) < 4.78 is 5.76. The van der Waals surface area contributed by atoms with Crippen molar-refractivity contribution in [2.24, 2.45) is 0 Å². The van der Waals surface area contributed by atoms with Gasteiger partial charge in [-0.2, -0.15) is 0 Å². The van der Waals surface area contributed by atoms with Crippen LogP contribution in [0, 0.1) is 0 Å². The van der Waals surface area contributed by atoms with E-state index in [1.807, 2.05) is 25.7 Å². The first-order chi connectivity index (χ1) is 7.29. The molecule has 0 saturated carbocycles. The summed E-state index contributed by atoms with van der Waals surface area (Å²) >= 11 is 9.83. The molecule has 1 aliphatic heterocycles. The minimum absolute atomic E-state index is 0. The largest absolute Gasteiger partial charge is 1.00 e. The Bertz CT molecular complexity index is 287. The van der Waals surface area contributed by atoms with Crippen LogP contribution in [0.15, 0.2) is 0 Å². The first kappa shape index (κ1) is 17.4. The molecule has 1 heterocycles. The monoisotopic (exact) mass is 284 g/mol. The predicted molar refractivity (Wildman–Crippen MR) is 69.3 cm³/mol. The summed E-state index contributed by atoms with van der Waals surface area (Å²) in [6, 6.07) is 0. The second kappa shape index (κ2) is 7.09. The number of piperazine rings is 1. The summed E-state index contributed by atoms with van der Waals surface area (Å²) in [6.07, 6.45) is -0.262. The Kier molecular flexibility index (Phi) is 7.25. The molecular weight excluding hydrogens is 267 g/mol. The summed E-state index contributed by atoms with van der Waals surface area (Å²) in [5.74, 6) is 0. The van der Waals surface area contributed by atoms with Gasteiger partial charge in [-0.25, -0.2) is 4.79 Å². The zero-order chi connectivity index (χ0) is 12.3. The Morgan fingerprint density at radius 3 is 1.94 bits per heavy atom. The topological polar surface area (TPSA) is 32.8 Å². The van der Waals surface area contributed by atoms with E-state index < -0.39 is 5.60 Å². The standard InChI is InChI=1S/C10H18N2O2S2.Na/c1-10(2,3)14-8(13)11-4-6-12(7-5-11)9(15)16;/h4-7H2,1-3H3,(H,15,16);/q;+1/p-1. The van der Waals surface area contributed by atoms with Crippen molar-refractivity contribution in [2.45, 2.75) is 26.4 Å². The molecule has 0 aliphatic carbocycles. The molecule has 92 valence electrons. The van der Waals surface area contributed by atoms with E-state index >= 15 is 0 Å². The molecule has 0 bridgehead atoms. The van der Waals surface area contributed by atoms with Gasteiger partial charge in [0.15, 0.2) is 0 Å². The number of rotatable bonds is 0. The minimum Gasteiger partial charge on any atom is -0.444 e. The van der Waals surface area contributed by atoms with E-state index in [0.29, 0.717) is 30.5 Å². The first-order valence-corrected chi connectivity index (χ1v) is 6.05. The van der Waals surface area contributed by atoms with Gasteiger partial charge in [-0.15, -0.1) is 0 Å². The smallest absolute Gasteiger partial charge is 0.444 e. The van der Waals surface area contributed by atoms with Gasteiger partial charge in [-0.3, -0.25) is 0 Å². The van der Waals surface area contributed by atoms with Crippen molar-refractivity contribution in [3.8, 4) is 0 Å². The quantitative estimate of drug-likeness (QED) is 0.303. The van der Waals surface area contributed by atoms with Gasteiger partial charge in [-0.05, 0) is 20.8 Å². The number of amides is 1. The van der Waals surface area contributed by atoms with E-state index in [1.165, 1.54) is 0 Å². The number of carbonyl (C=O) groups excluding carboxylic acids is 1. The van der Waals surface area contributed by atoms with Gasteiger partial charge in [0, 0.05) is 26.2 Å². The van der Waals surface area contributed by atoms with E-state index in [4.69, 9.17) is 29.6 Å². The van der Waals surface area contributed by atoms with Crippen molar-refractivity contribution in [2.75, 3.05) is 26.2 Å². The zero-order valence-corrected chi connectivity index (χ0v) is 14.5. The van der Waals surface area contributed by atoms with Crippen LogP contribution in [-0.2, 0) is 17.4 Å². The third kappa shape index (κ3) is 6.20. The third-order valence-corrected chi connectivity index (χ3v) is 2.71. The molecule has 0 radical (unpaired) electrons. The molecule has 0 spiro atoms. The SMILES string of the molecule is CC(C)(C)OC(=O)N1CCN(C(=S)[S-])CC1.[Na+]. The van der Waals surface area contributed by atoms with Crippen LogP contribution in [0.25, 0.3) is 0 Å². The fourth-order valence-electron chi connectivity index (χ4n) is 1.40. The predicted octanol–water partition coefficient (Wildman–Crippen LogP) is -1.63. The maximum absolute atomic E-state index is 11.7. The molecular formula is C10H17N2NaO2S2. The number of nitrogens with zero attached hydrogens (tertiary/aromatic N) is 2. The Hall–Kier alpha value is 0.380. The van der Waals surface area contributed by atoms with Crippen molar-refractivity contribution in [3.05, 3.63) is 0 Å². The molecule has 0 N–H and O–H groups in total. The van der Waals surface area contributed by atoms with Gasteiger partial charge in [0.05, 0.1) is 0 Å². The summed E-state index contributed by atoms with van der Waals surface area (Å²) in [7, 11) is 0. The number of carbonyl (C=O) groups is 1. The van der Waals surface area contributed by atoms with Gasteiger partial charge in [0.25, 0.3) is 0 Å². The van der Waals surface area contributed by atoms with Crippen molar-refractivity contribution >= 4 is 35.3 Å². The van der Waals surface area contributed by atoms with Crippen molar-refractivity contribution in [1.29, 1.82) is 0 Å². The Balaban J connectivity index is 0.00000256. The van der Waals surface area contributed by atoms with Crippen molar-refractivity contribution < 1.29 is 39.1 Å². The van der Waals surface area contributed by atoms with Gasteiger partial charge in [-0.1, -0.05) is 4.32 Å². The van der Waals surface area contributed by atoms with Crippen LogP contribution in [0.3, 0.4) is 0 Å². The van der Waals surface area contributed by atoms with E-state index in [1.54, 1.807) is 4.90 Å². The average Bonchev–Trinajstić information content (AvgIpc) is 2.15. The molecule has 0 aromatic carbocycles. The Morgan fingerprint density at radius 1 is 1.18 bits per heavy atom. The van der Waals surface area contributed by atoms with Crippen LogP contribution in [0.5, 0.6) is 0 Å². The maximum Gasteiger partial charge on any atom is 1.00 e. The molecule has 1 saturated heterocycles. The molecule has 0 atom stereocenters. The average molecular weight is 284 g/mol. The molecule has 17 heavy (non-hydrogen) atoms. The molecule has 1 rings (SSSR count). The molecule has 1 fully saturated rings. The molecule has 0 unspecified atom stereocenters. The number of ether oxygens (including phenoxy) is 1. The number of hydrogen-bond donors (Lipinski definition) is 0. The minimum atomic E-state index is -0.443. The number of thiocarbonyl (C=S) groups is 1. The summed E-state index contributed by atoms with van der Waals surface area (Å²) in [6.45, 7) is 8.21. The fourth-order valence-corrected chi connectivity index (χ4v) is 1.76. The number of hydrogen-bond acceptors (Lipinski definition) is 4. The van der Waals surface area contributed by atoms with E-state index in [-0.39, 0.29) is 35.7 Å². The molecule has 0 aromatic rings. The van der Waals surface area contributed by atoms with Crippen LogP contribution in [0.1, 0.15) is 20.8 Å². The van der Waals surface area contributed by atoms with Crippen molar-refractivity contribution in [3.63, 3.8) is 0 Å². The normalized spacial score (nSPS) is 16.2. The van der Waals surface area contributed by atoms with Crippen LogP contribution in [0.4, 0.5) is 4.79 Å². The summed E-state index contributed by atoms with van der Waals surface area (Å²) in [5.41, 5.74) is -0.443. The van der Waals surface area contributed by atoms with Crippen LogP contribution >= 0.6 is 12.2 Å². The van der Waals surface area contributed by atoms with E-state index in [9.17, 15) is 4.79 Å². The molecule has 7 heteroatoms. The maximum atomic E-state index is 11.7. The second-order valence-electron chi connectivity index (χ2n) is 4.72. The zero-order valence-electron chi connectivity index (χ0n) is 10.9. The van der Waals surface area contributed by atoms with Crippen molar-refractivity contribution in [1.82, 2.24) is 9.80 Å². The van der Waals surface area contributed by atoms with E-state index in [0.717, 1.165) is 0 Å². The van der Waals surface area contributed by atoms with Gasteiger partial charge in [0.2, 0.25) is 0 Å².